The van der Waals surface area contributed by atoms with Crippen molar-refractivity contribution in [1.82, 2.24) is 4.90 Å². The summed E-state index contributed by atoms with van der Waals surface area (Å²) in [6.45, 7) is 6.06. The van der Waals surface area contributed by atoms with Crippen molar-refractivity contribution in [1.29, 1.82) is 0 Å². The van der Waals surface area contributed by atoms with Crippen LogP contribution in [0, 0.1) is 18.6 Å². The Balaban J connectivity index is 1.79. The smallest absolute Gasteiger partial charge is 0.264 e. The second-order valence-corrected chi connectivity index (χ2v) is 10.3. The molecular formula is C30H33F2NO2S. The fraction of sp³-hybridized carbons (Fsp3) is 0.367. The number of ether oxygens (including phenoxy) is 1. The first-order valence-electron chi connectivity index (χ1n) is 12.5. The van der Waals surface area contributed by atoms with Crippen LogP contribution in [0.4, 0.5) is 8.78 Å². The lowest BCUT2D eigenvalue weighted by Crippen LogP contribution is -2.41. The number of fused-ring (bicyclic) bond motifs is 1. The van der Waals surface area contributed by atoms with E-state index in [1.807, 2.05) is 37.0 Å². The third-order valence-corrected chi connectivity index (χ3v) is 8.35. The van der Waals surface area contributed by atoms with Gasteiger partial charge in [-0.1, -0.05) is 43.6 Å². The minimum Gasteiger partial charge on any atom is -0.496 e. The molecule has 0 aliphatic heterocycles. The van der Waals surface area contributed by atoms with Gasteiger partial charge in [-0.25, -0.2) is 8.78 Å². The number of carbonyl (C=O) groups excluding carboxylic acids is 1. The number of benzene rings is 2. The number of hydrogen-bond acceptors (Lipinski definition) is 3. The van der Waals surface area contributed by atoms with Crippen molar-refractivity contribution in [2.24, 2.45) is 0 Å². The zero-order valence-corrected chi connectivity index (χ0v) is 22.2. The first-order valence-corrected chi connectivity index (χ1v) is 13.4. The zero-order valence-electron chi connectivity index (χ0n) is 21.4. The van der Waals surface area contributed by atoms with E-state index in [9.17, 15) is 13.6 Å². The Morgan fingerprint density at radius 1 is 1.11 bits per heavy atom. The van der Waals surface area contributed by atoms with Crippen LogP contribution in [0.15, 0.2) is 48.6 Å². The summed E-state index contributed by atoms with van der Waals surface area (Å²) in [5, 5.41) is 0.204. The van der Waals surface area contributed by atoms with Crippen LogP contribution in [0.1, 0.15) is 72.3 Å². The summed E-state index contributed by atoms with van der Waals surface area (Å²) >= 11 is 1.05. The lowest BCUT2D eigenvalue weighted by molar-refractivity contribution is 0.0617. The predicted molar refractivity (Wildman–Crippen MR) is 145 cm³/mol. The summed E-state index contributed by atoms with van der Waals surface area (Å²) < 4.78 is 35.0. The number of thiophene rings is 1. The molecule has 1 aliphatic carbocycles. The van der Waals surface area contributed by atoms with Crippen LogP contribution in [0.2, 0.25) is 0 Å². The van der Waals surface area contributed by atoms with Crippen molar-refractivity contribution in [3.05, 3.63) is 81.8 Å². The molecule has 0 unspecified atom stereocenters. The van der Waals surface area contributed by atoms with Gasteiger partial charge in [0.2, 0.25) is 0 Å². The standard InChI is InChI=1S/C30H33F2NO2S/c1-5-10-20(6-2)21-13-16-26(35-4)22(17-21)18-33(23-11-8-7-9-12-23)30(34)28-19(3)27-24(31)14-15-25(32)29(27)36-28/h5-6,10,13-17,23H,7-9,11-12,18H2,1-4H3/b10-5-,20-6+. The van der Waals surface area contributed by atoms with E-state index in [4.69, 9.17) is 4.74 Å². The largest absolute Gasteiger partial charge is 0.496 e. The number of aryl methyl sites for hydroxylation is 1. The first kappa shape index (κ1) is 26.1. The second-order valence-electron chi connectivity index (χ2n) is 9.29. The number of amides is 1. The molecule has 3 aromatic rings. The minimum absolute atomic E-state index is 0.0654. The summed E-state index contributed by atoms with van der Waals surface area (Å²) in [7, 11) is 1.63. The SMILES string of the molecule is C/C=C\C(=C/C)c1ccc(OC)c(CN(C(=O)c2sc3c(F)ccc(F)c3c2C)C2CCCCC2)c1. The van der Waals surface area contributed by atoms with E-state index in [2.05, 4.69) is 18.2 Å². The van der Waals surface area contributed by atoms with E-state index in [1.165, 1.54) is 0 Å². The summed E-state index contributed by atoms with van der Waals surface area (Å²) in [6, 6.07) is 8.36. The Labute approximate surface area is 216 Å². The highest BCUT2D eigenvalue weighted by molar-refractivity contribution is 7.21. The van der Waals surface area contributed by atoms with Crippen molar-refractivity contribution in [3.63, 3.8) is 0 Å². The number of hydrogen-bond donors (Lipinski definition) is 0. The summed E-state index contributed by atoms with van der Waals surface area (Å²) in [5.41, 5.74) is 3.55. The highest BCUT2D eigenvalue weighted by Crippen LogP contribution is 2.37. The minimum atomic E-state index is -0.500. The molecule has 0 atom stereocenters. The maximum atomic E-state index is 14.6. The van der Waals surface area contributed by atoms with Gasteiger partial charge in [-0.3, -0.25) is 4.79 Å². The van der Waals surface area contributed by atoms with Crippen molar-refractivity contribution in [3.8, 4) is 5.75 Å². The van der Waals surface area contributed by atoms with Gasteiger partial charge in [-0.15, -0.1) is 11.3 Å². The normalized spacial score (nSPS) is 15.1. The Kier molecular flexibility index (Phi) is 8.24. The van der Waals surface area contributed by atoms with Gasteiger partial charge in [0.15, 0.2) is 0 Å². The van der Waals surface area contributed by atoms with E-state index in [0.29, 0.717) is 22.7 Å². The predicted octanol–water partition coefficient (Wildman–Crippen LogP) is 8.45. The fourth-order valence-corrected chi connectivity index (χ4v) is 6.35. The molecule has 6 heteroatoms. The highest BCUT2D eigenvalue weighted by atomic mass is 32.1. The molecule has 1 saturated carbocycles. The van der Waals surface area contributed by atoms with Crippen LogP contribution in [0.5, 0.6) is 5.75 Å². The van der Waals surface area contributed by atoms with Crippen LogP contribution in [-0.2, 0) is 6.54 Å². The first-order chi connectivity index (χ1) is 17.4. The molecule has 190 valence electrons. The number of carbonyl (C=O) groups is 1. The summed E-state index contributed by atoms with van der Waals surface area (Å²) in [6.07, 6.45) is 11.2. The van der Waals surface area contributed by atoms with Gasteiger partial charge in [0.25, 0.3) is 5.91 Å². The average molecular weight is 510 g/mol. The molecule has 3 nitrogen and oxygen atoms in total. The second kappa shape index (κ2) is 11.4. The Bertz CT molecular complexity index is 1320. The van der Waals surface area contributed by atoms with Crippen molar-refractivity contribution in [2.75, 3.05) is 7.11 Å². The van der Waals surface area contributed by atoms with Gasteiger partial charge in [0.1, 0.15) is 17.4 Å². The molecular weight excluding hydrogens is 476 g/mol. The number of rotatable bonds is 7. The van der Waals surface area contributed by atoms with Crippen LogP contribution < -0.4 is 4.74 Å². The van der Waals surface area contributed by atoms with Crippen molar-refractivity contribution < 1.29 is 18.3 Å². The van der Waals surface area contributed by atoms with Gasteiger partial charge in [-0.2, -0.15) is 0 Å². The van der Waals surface area contributed by atoms with E-state index >= 15 is 0 Å². The Morgan fingerprint density at radius 2 is 1.83 bits per heavy atom. The monoisotopic (exact) mass is 509 g/mol. The quantitative estimate of drug-likeness (QED) is 0.299. The summed E-state index contributed by atoms with van der Waals surface area (Å²) in [4.78, 5) is 16.4. The van der Waals surface area contributed by atoms with Crippen molar-refractivity contribution in [2.45, 2.75) is 65.5 Å². The van der Waals surface area contributed by atoms with Crippen LogP contribution >= 0.6 is 11.3 Å². The van der Waals surface area contributed by atoms with E-state index in [1.54, 1.807) is 14.0 Å². The molecule has 1 aliphatic rings. The molecule has 0 bridgehead atoms. The number of nitrogens with zero attached hydrogens (tertiary/aromatic N) is 1. The molecule has 1 fully saturated rings. The molecule has 2 aromatic carbocycles. The molecule has 0 saturated heterocycles. The van der Waals surface area contributed by atoms with E-state index in [0.717, 1.165) is 72.3 Å². The molecule has 0 spiro atoms. The highest BCUT2D eigenvalue weighted by Gasteiger charge is 2.30. The van der Waals surface area contributed by atoms with E-state index in [-0.39, 0.29) is 22.0 Å². The lowest BCUT2D eigenvalue weighted by atomic mass is 9.93. The van der Waals surface area contributed by atoms with Crippen LogP contribution in [0.3, 0.4) is 0 Å². The molecule has 1 amide bonds. The molecule has 4 rings (SSSR count). The Morgan fingerprint density at radius 3 is 2.47 bits per heavy atom. The molecule has 0 N–H and O–H groups in total. The summed E-state index contributed by atoms with van der Waals surface area (Å²) in [5.74, 6) is -0.458. The van der Waals surface area contributed by atoms with Gasteiger partial charge in [0, 0.05) is 23.5 Å². The fourth-order valence-electron chi connectivity index (χ4n) is 5.17. The maximum absolute atomic E-state index is 14.6. The molecule has 0 radical (unpaired) electrons. The molecule has 1 heterocycles. The molecule has 1 aromatic heterocycles. The van der Waals surface area contributed by atoms with Gasteiger partial charge in [0.05, 0.1) is 16.7 Å². The lowest BCUT2D eigenvalue weighted by Gasteiger charge is -2.35. The maximum Gasteiger partial charge on any atom is 0.264 e. The third kappa shape index (κ3) is 5.10. The van der Waals surface area contributed by atoms with E-state index < -0.39 is 11.6 Å². The average Bonchev–Trinajstić information content (AvgIpc) is 3.26. The van der Waals surface area contributed by atoms with Gasteiger partial charge >= 0.3 is 0 Å². The third-order valence-electron chi connectivity index (χ3n) is 7.06. The van der Waals surface area contributed by atoms with Crippen molar-refractivity contribution >= 4 is 32.9 Å². The number of halogens is 2. The molecule has 36 heavy (non-hydrogen) atoms. The number of methoxy groups -OCH3 is 1. The van der Waals surface area contributed by atoms with Gasteiger partial charge in [-0.05, 0) is 74.6 Å². The zero-order chi connectivity index (χ0) is 25.8. The van der Waals surface area contributed by atoms with Gasteiger partial charge < -0.3 is 9.64 Å². The van der Waals surface area contributed by atoms with Crippen LogP contribution in [-0.4, -0.2) is 24.0 Å². The topological polar surface area (TPSA) is 29.5 Å². The number of allylic oxidation sites excluding steroid dienone is 4. The van der Waals surface area contributed by atoms with Crippen LogP contribution in [0.25, 0.3) is 15.7 Å². The Hall–Kier alpha value is -2.99.